The second-order valence-electron chi connectivity index (χ2n) is 2.80. The Morgan fingerprint density at radius 3 is 2.79 bits per heavy atom. The van der Waals surface area contributed by atoms with E-state index in [1.807, 2.05) is 19.9 Å². The Balaban J connectivity index is 2.81. The fourth-order valence-electron chi connectivity index (χ4n) is 1.02. The highest BCUT2D eigenvalue weighted by Gasteiger charge is 2.05. The number of hydrogen-bond acceptors (Lipinski definition) is 3. The molecule has 1 heterocycles. The van der Waals surface area contributed by atoms with E-state index in [9.17, 15) is 4.79 Å². The summed E-state index contributed by atoms with van der Waals surface area (Å²) in [5.74, 6) is 1.46. The minimum Gasteiger partial charge on any atom is -0.460 e. The van der Waals surface area contributed by atoms with Gasteiger partial charge in [0, 0.05) is 0 Å². The molecule has 1 rings (SSSR count). The quantitative estimate of drug-likeness (QED) is 0.564. The van der Waals surface area contributed by atoms with E-state index < -0.39 is 6.03 Å². The van der Waals surface area contributed by atoms with Crippen LogP contribution in [0.25, 0.3) is 0 Å². The molecule has 0 bridgehead atoms. The van der Waals surface area contributed by atoms with Gasteiger partial charge in [-0.05, 0) is 25.5 Å². The predicted octanol–water partition coefficient (Wildman–Crippen LogP) is 1.37. The summed E-state index contributed by atoms with van der Waals surface area (Å²) >= 11 is 0. The fraction of sp³-hybridized carbons (Fsp3) is 0.333. The number of amides is 2. The highest BCUT2D eigenvalue weighted by molar-refractivity contribution is 5.98. The molecule has 0 saturated carbocycles. The van der Waals surface area contributed by atoms with Gasteiger partial charge in [0.15, 0.2) is 0 Å². The van der Waals surface area contributed by atoms with Crippen LogP contribution >= 0.6 is 0 Å². The van der Waals surface area contributed by atoms with Gasteiger partial charge in [-0.2, -0.15) is 5.10 Å². The average molecular weight is 195 g/mol. The van der Waals surface area contributed by atoms with Gasteiger partial charge in [0.05, 0.1) is 0 Å². The van der Waals surface area contributed by atoms with Crippen molar-refractivity contribution in [3.05, 3.63) is 23.7 Å². The molecule has 0 spiro atoms. The first-order valence-electron chi connectivity index (χ1n) is 4.32. The van der Waals surface area contributed by atoms with Crippen molar-refractivity contribution in [2.45, 2.75) is 20.3 Å². The van der Waals surface area contributed by atoms with Crippen LogP contribution in [0.3, 0.4) is 0 Å². The van der Waals surface area contributed by atoms with Crippen LogP contribution in [0.15, 0.2) is 21.7 Å². The molecule has 76 valence electrons. The standard InChI is InChI=1S/C9H13N3O2/c1-3-7(11-12-9(10)13)8-5-4-6(2)14-8/h4-5H,3H2,1-2H3,(H3,10,12,13)/b11-7-. The van der Waals surface area contributed by atoms with E-state index in [-0.39, 0.29) is 0 Å². The maximum absolute atomic E-state index is 10.4. The summed E-state index contributed by atoms with van der Waals surface area (Å²) in [6.45, 7) is 3.76. The van der Waals surface area contributed by atoms with Crippen LogP contribution in [-0.4, -0.2) is 11.7 Å². The second-order valence-corrected chi connectivity index (χ2v) is 2.80. The van der Waals surface area contributed by atoms with E-state index >= 15 is 0 Å². The zero-order valence-corrected chi connectivity index (χ0v) is 8.20. The molecule has 1 aromatic rings. The van der Waals surface area contributed by atoms with E-state index in [1.165, 1.54) is 0 Å². The largest absolute Gasteiger partial charge is 0.460 e. The summed E-state index contributed by atoms with van der Waals surface area (Å²) in [5.41, 5.74) is 7.73. The van der Waals surface area contributed by atoms with Crippen LogP contribution in [0.1, 0.15) is 24.9 Å². The maximum atomic E-state index is 10.4. The lowest BCUT2D eigenvalue weighted by Gasteiger charge is -1.99. The number of nitrogens with one attached hydrogen (secondary N) is 1. The molecule has 0 aliphatic rings. The van der Waals surface area contributed by atoms with Crippen LogP contribution in [0.4, 0.5) is 4.79 Å². The zero-order chi connectivity index (χ0) is 10.6. The third kappa shape index (κ3) is 2.62. The third-order valence-corrected chi connectivity index (χ3v) is 1.66. The molecule has 0 aliphatic carbocycles. The van der Waals surface area contributed by atoms with Crippen molar-refractivity contribution in [1.29, 1.82) is 0 Å². The van der Waals surface area contributed by atoms with Gasteiger partial charge in [-0.1, -0.05) is 6.92 Å². The normalized spacial score (nSPS) is 11.4. The number of nitrogens with zero attached hydrogens (tertiary/aromatic N) is 1. The topological polar surface area (TPSA) is 80.6 Å². The Morgan fingerprint density at radius 2 is 2.36 bits per heavy atom. The summed E-state index contributed by atoms with van der Waals surface area (Å²) in [6.07, 6.45) is 0.660. The molecule has 0 aliphatic heterocycles. The second kappa shape index (κ2) is 4.45. The smallest absolute Gasteiger partial charge is 0.332 e. The molecule has 3 N–H and O–H groups in total. The van der Waals surface area contributed by atoms with Gasteiger partial charge in [-0.15, -0.1) is 0 Å². The van der Waals surface area contributed by atoms with Crippen molar-refractivity contribution < 1.29 is 9.21 Å². The highest BCUT2D eigenvalue weighted by Crippen LogP contribution is 2.09. The lowest BCUT2D eigenvalue weighted by molar-refractivity contribution is 0.249. The Labute approximate surface area is 82.0 Å². The first-order chi connectivity index (χ1) is 6.63. The van der Waals surface area contributed by atoms with E-state index in [4.69, 9.17) is 10.2 Å². The summed E-state index contributed by atoms with van der Waals surface area (Å²) < 4.78 is 5.35. The minimum absolute atomic E-state index is 0.652. The van der Waals surface area contributed by atoms with Crippen LogP contribution in [0.2, 0.25) is 0 Å². The molecule has 0 radical (unpaired) electrons. The molecule has 0 fully saturated rings. The van der Waals surface area contributed by atoms with Gasteiger partial charge in [0.25, 0.3) is 0 Å². The van der Waals surface area contributed by atoms with Crippen LogP contribution in [-0.2, 0) is 0 Å². The Kier molecular flexibility index (Phi) is 3.28. The number of rotatable bonds is 3. The number of urea groups is 1. The van der Waals surface area contributed by atoms with E-state index in [0.29, 0.717) is 17.9 Å². The Hall–Kier alpha value is -1.78. The van der Waals surface area contributed by atoms with Crippen molar-refractivity contribution >= 4 is 11.7 Å². The van der Waals surface area contributed by atoms with Crippen molar-refractivity contribution in [3.8, 4) is 0 Å². The molecule has 5 nitrogen and oxygen atoms in total. The molecular formula is C9H13N3O2. The summed E-state index contributed by atoms with van der Waals surface area (Å²) in [6, 6.07) is 2.96. The monoisotopic (exact) mass is 195 g/mol. The number of carbonyl (C=O) groups excluding carboxylic acids is 1. The van der Waals surface area contributed by atoms with Gasteiger partial charge < -0.3 is 10.2 Å². The van der Waals surface area contributed by atoms with Crippen molar-refractivity contribution in [2.24, 2.45) is 10.8 Å². The van der Waals surface area contributed by atoms with E-state index in [2.05, 4.69) is 10.5 Å². The number of primary amides is 1. The van der Waals surface area contributed by atoms with Crippen molar-refractivity contribution in [3.63, 3.8) is 0 Å². The number of furan rings is 1. The van der Waals surface area contributed by atoms with Gasteiger partial charge in [-0.25, -0.2) is 10.2 Å². The first-order valence-corrected chi connectivity index (χ1v) is 4.32. The molecule has 0 atom stereocenters. The Bertz CT molecular complexity index is 355. The zero-order valence-electron chi connectivity index (χ0n) is 8.20. The summed E-state index contributed by atoms with van der Waals surface area (Å²) in [7, 11) is 0. The highest BCUT2D eigenvalue weighted by atomic mass is 16.3. The molecule has 0 aromatic carbocycles. The summed E-state index contributed by atoms with van der Waals surface area (Å²) in [5, 5.41) is 3.82. The fourth-order valence-corrected chi connectivity index (χ4v) is 1.02. The van der Waals surface area contributed by atoms with Crippen molar-refractivity contribution in [1.82, 2.24) is 5.43 Å². The van der Waals surface area contributed by atoms with Crippen LogP contribution < -0.4 is 11.2 Å². The van der Waals surface area contributed by atoms with E-state index in [1.54, 1.807) is 6.07 Å². The third-order valence-electron chi connectivity index (χ3n) is 1.66. The Morgan fingerprint density at radius 1 is 1.64 bits per heavy atom. The average Bonchev–Trinajstić information content (AvgIpc) is 2.53. The van der Waals surface area contributed by atoms with Crippen LogP contribution in [0.5, 0.6) is 0 Å². The lowest BCUT2D eigenvalue weighted by Crippen LogP contribution is -2.25. The maximum Gasteiger partial charge on any atom is 0.332 e. The SMILES string of the molecule is CC/C(=N/NC(N)=O)c1ccc(C)o1. The van der Waals surface area contributed by atoms with Gasteiger partial charge in [0.2, 0.25) is 0 Å². The number of hydrazone groups is 1. The predicted molar refractivity (Wildman–Crippen MR) is 53.0 cm³/mol. The van der Waals surface area contributed by atoms with Gasteiger partial charge in [-0.3, -0.25) is 0 Å². The van der Waals surface area contributed by atoms with E-state index in [0.717, 1.165) is 5.76 Å². The number of carbonyl (C=O) groups is 1. The minimum atomic E-state index is -0.681. The number of aryl methyl sites for hydroxylation is 1. The van der Waals surface area contributed by atoms with Crippen LogP contribution in [0, 0.1) is 6.92 Å². The number of hydrogen-bond donors (Lipinski definition) is 2. The van der Waals surface area contributed by atoms with Gasteiger partial charge >= 0.3 is 6.03 Å². The number of nitrogens with two attached hydrogens (primary N) is 1. The molecular weight excluding hydrogens is 182 g/mol. The van der Waals surface area contributed by atoms with Gasteiger partial charge in [0.1, 0.15) is 17.2 Å². The molecule has 2 amide bonds. The summed E-state index contributed by atoms with van der Waals surface area (Å²) in [4.78, 5) is 10.4. The molecule has 5 heteroatoms. The lowest BCUT2D eigenvalue weighted by atomic mass is 10.2. The van der Waals surface area contributed by atoms with Crippen molar-refractivity contribution in [2.75, 3.05) is 0 Å². The molecule has 1 aromatic heterocycles. The molecule has 14 heavy (non-hydrogen) atoms. The molecule has 0 saturated heterocycles. The first kappa shape index (κ1) is 10.3. The molecule has 0 unspecified atom stereocenters.